The van der Waals surface area contributed by atoms with Crippen LogP contribution < -0.4 is 5.32 Å². The van der Waals surface area contributed by atoms with Gasteiger partial charge in [0.05, 0.1) is 11.4 Å². The molecular formula is C17H23N3S. The molecule has 1 fully saturated rings. The van der Waals surface area contributed by atoms with Crippen LogP contribution in [-0.4, -0.2) is 16.0 Å². The molecule has 2 aromatic heterocycles. The number of nitrogens with one attached hydrogen (secondary N) is 1. The van der Waals surface area contributed by atoms with Gasteiger partial charge in [0.15, 0.2) is 0 Å². The molecule has 3 atom stereocenters. The Kier molecular flexibility index (Phi) is 4.66. The predicted octanol–water partition coefficient (Wildman–Crippen LogP) is 4.12. The number of aromatic nitrogens is 2. The average molecular weight is 301 g/mol. The summed E-state index contributed by atoms with van der Waals surface area (Å²) in [7, 11) is 0. The van der Waals surface area contributed by atoms with E-state index in [1.807, 2.05) is 24.4 Å². The van der Waals surface area contributed by atoms with Crippen LogP contribution in [0.2, 0.25) is 0 Å². The molecule has 0 spiro atoms. The third kappa shape index (κ3) is 3.33. The second-order valence-corrected chi connectivity index (χ2v) is 6.81. The van der Waals surface area contributed by atoms with Gasteiger partial charge in [-0.2, -0.15) is 0 Å². The number of pyridine rings is 1. The molecule has 2 aromatic rings. The Hall–Kier alpha value is -1.26. The van der Waals surface area contributed by atoms with Gasteiger partial charge in [0, 0.05) is 24.2 Å². The number of nitrogens with zero attached hydrogens (tertiary/aromatic N) is 2. The zero-order valence-electron chi connectivity index (χ0n) is 12.7. The van der Waals surface area contributed by atoms with Gasteiger partial charge in [0.1, 0.15) is 5.01 Å². The Labute approximate surface area is 130 Å². The molecule has 0 aliphatic heterocycles. The molecule has 21 heavy (non-hydrogen) atoms. The van der Waals surface area contributed by atoms with Crippen molar-refractivity contribution in [3.05, 3.63) is 35.5 Å². The highest BCUT2D eigenvalue weighted by Gasteiger charge is 2.30. The van der Waals surface area contributed by atoms with Crippen molar-refractivity contribution in [2.75, 3.05) is 0 Å². The monoisotopic (exact) mass is 301 g/mol. The summed E-state index contributed by atoms with van der Waals surface area (Å²) in [6, 6.07) is 6.61. The van der Waals surface area contributed by atoms with Gasteiger partial charge in [-0.1, -0.05) is 26.3 Å². The summed E-state index contributed by atoms with van der Waals surface area (Å²) in [5, 5.41) is 6.86. The lowest BCUT2D eigenvalue weighted by Crippen LogP contribution is -2.32. The standard InChI is InChI=1S/C17H23N3S/c1-3-13-7-8-15(12(13)2)19-10-14-11-21-17(20-14)16-6-4-5-9-18-16/h4-6,9,11-13,15,19H,3,7-8,10H2,1-2H3. The summed E-state index contributed by atoms with van der Waals surface area (Å²) in [5.74, 6) is 1.67. The van der Waals surface area contributed by atoms with E-state index < -0.39 is 0 Å². The summed E-state index contributed by atoms with van der Waals surface area (Å²) in [6.07, 6.45) is 5.79. The van der Waals surface area contributed by atoms with Crippen molar-refractivity contribution in [3.8, 4) is 10.7 Å². The lowest BCUT2D eigenvalue weighted by atomic mass is 9.93. The van der Waals surface area contributed by atoms with E-state index in [-0.39, 0.29) is 0 Å². The molecule has 0 amide bonds. The van der Waals surface area contributed by atoms with E-state index in [1.165, 1.54) is 19.3 Å². The molecule has 0 radical (unpaired) electrons. The zero-order chi connectivity index (χ0) is 14.7. The van der Waals surface area contributed by atoms with Crippen LogP contribution in [0.5, 0.6) is 0 Å². The highest BCUT2D eigenvalue weighted by atomic mass is 32.1. The minimum absolute atomic E-state index is 0.648. The minimum atomic E-state index is 0.648. The fourth-order valence-electron chi connectivity index (χ4n) is 3.34. The quantitative estimate of drug-likeness (QED) is 0.902. The fraction of sp³-hybridized carbons (Fsp3) is 0.529. The summed E-state index contributed by atoms with van der Waals surface area (Å²) >= 11 is 1.68. The second kappa shape index (κ2) is 6.67. The van der Waals surface area contributed by atoms with Gasteiger partial charge in [-0.3, -0.25) is 4.98 Å². The van der Waals surface area contributed by atoms with Gasteiger partial charge in [-0.25, -0.2) is 4.98 Å². The highest BCUT2D eigenvalue weighted by Crippen LogP contribution is 2.34. The molecular weight excluding hydrogens is 278 g/mol. The molecule has 112 valence electrons. The maximum Gasteiger partial charge on any atom is 0.142 e. The third-order valence-corrected chi connectivity index (χ3v) is 5.65. The Bertz CT molecular complexity index is 566. The molecule has 0 saturated heterocycles. The molecule has 1 aliphatic rings. The molecule has 0 bridgehead atoms. The van der Waals surface area contributed by atoms with Crippen LogP contribution in [0, 0.1) is 11.8 Å². The van der Waals surface area contributed by atoms with Gasteiger partial charge >= 0.3 is 0 Å². The first-order valence-corrected chi connectivity index (χ1v) is 8.75. The molecule has 0 aromatic carbocycles. The Morgan fingerprint density at radius 3 is 2.95 bits per heavy atom. The molecule has 3 nitrogen and oxygen atoms in total. The van der Waals surface area contributed by atoms with Crippen LogP contribution in [0.15, 0.2) is 29.8 Å². The first-order chi connectivity index (χ1) is 10.3. The molecule has 1 N–H and O–H groups in total. The summed E-state index contributed by atoms with van der Waals surface area (Å²) in [5.41, 5.74) is 2.10. The van der Waals surface area contributed by atoms with Crippen molar-refractivity contribution < 1.29 is 0 Å². The lowest BCUT2D eigenvalue weighted by Gasteiger charge is -2.20. The maximum atomic E-state index is 4.70. The van der Waals surface area contributed by atoms with E-state index in [1.54, 1.807) is 11.3 Å². The van der Waals surface area contributed by atoms with Gasteiger partial charge in [-0.15, -0.1) is 11.3 Å². The van der Waals surface area contributed by atoms with Gasteiger partial charge in [0.25, 0.3) is 0 Å². The van der Waals surface area contributed by atoms with Crippen molar-refractivity contribution in [2.45, 2.75) is 45.7 Å². The van der Waals surface area contributed by atoms with E-state index >= 15 is 0 Å². The number of hydrogen-bond acceptors (Lipinski definition) is 4. The van der Waals surface area contributed by atoms with Crippen LogP contribution in [0.25, 0.3) is 10.7 Å². The van der Waals surface area contributed by atoms with Crippen LogP contribution >= 0.6 is 11.3 Å². The number of thiazole rings is 1. The van der Waals surface area contributed by atoms with E-state index in [0.29, 0.717) is 6.04 Å². The van der Waals surface area contributed by atoms with E-state index in [4.69, 9.17) is 4.98 Å². The third-order valence-electron chi connectivity index (χ3n) is 4.73. The molecule has 2 heterocycles. The molecule has 3 rings (SSSR count). The van der Waals surface area contributed by atoms with E-state index in [0.717, 1.165) is 34.8 Å². The van der Waals surface area contributed by atoms with Gasteiger partial charge in [-0.05, 0) is 36.8 Å². The number of hydrogen-bond donors (Lipinski definition) is 1. The predicted molar refractivity (Wildman–Crippen MR) is 88.2 cm³/mol. The van der Waals surface area contributed by atoms with Crippen molar-refractivity contribution in [1.82, 2.24) is 15.3 Å². The minimum Gasteiger partial charge on any atom is -0.308 e. The summed E-state index contributed by atoms with van der Waals surface area (Å²) in [6.45, 7) is 5.57. The number of rotatable bonds is 5. The lowest BCUT2D eigenvalue weighted by molar-refractivity contribution is 0.344. The average Bonchev–Trinajstić information content (AvgIpc) is 3.13. The fourth-order valence-corrected chi connectivity index (χ4v) is 4.14. The van der Waals surface area contributed by atoms with Crippen LogP contribution in [0.4, 0.5) is 0 Å². The van der Waals surface area contributed by atoms with Crippen LogP contribution in [0.3, 0.4) is 0 Å². The molecule has 4 heteroatoms. The molecule has 1 saturated carbocycles. The van der Waals surface area contributed by atoms with Crippen molar-refractivity contribution in [1.29, 1.82) is 0 Å². The highest BCUT2D eigenvalue weighted by molar-refractivity contribution is 7.13. The SMILES string of the molecule is CCC1CCC(NCc2csc(-c3ccccn3)n2)C1C. The molecule has 3 unspecified atom stereocenters. The normalized spacial score (nSPS) is 25.3. The van der Waals surface area contributed by atoms with Gasteiger partial charge in [0.2, 0.25) is 0 Å². The largest absolute Gasteiger partial charge is 0.308 e. The zero-order valence-corrected chi connectivity index (χ0v) is 13.6. The second-order valence-electron chi connectivity index (χ2n) is 5.95. The van der Waals surface area contributed by atoms with E-state index in [2.05, 4.69) is 29.5 Å². The smallest absolute Gasteiger partial charge is 0.142 e. The Balaban J connectivity index is 1.59. The van der Waals surface area contributed by atoms with Gasteiger partial charge < -0.3 is 5.32 Å². The van der Waals surface area contributed by atoms with Crippen LogP contribution in [0.1, 0.15) is 38.8 Å². The Morgan fingerprint density at radius 2 is 2.24 bits per heavy atom. The summed E-state index contributed by atoms with van der Waals surface area (Å²) in [4.78, 5) is 9.06. The van der Waals surface area contributed by atoms with Crippen LogP contribution in [-0.2, 0) is 6.54 Å². The van der Waals surface area contributed by atoms with Crippen molar-refractivity contribution in [2.24, 2.45) is 11.8 Å². The van der Waals surface area contributed by atoms with Crippen molar-refractivity contribution >= 4 is 11.3 Å². The van der Waals surface area contributed by atoms with E-state index in [9.17, 15) is 0 Å². The topological polar surface area (TPSA) is 37.8 Å². The Morgan fingerprint density at radius 1 is 1.33 bits per heavy atom. The summed E-state index contributed by atoms with van der Waals surface area (Å²) < 4.78 is 0. The first kappa shape index (κ1) is 14.7. The first-order valence-electron chi connectivity index (χ1n) is 7.87. The van der Waals surface area contributed by atoms with Crippen molar-refractivity contribution in [3.63, 3.8) is 0 Å². The maximum absolute atomic E-state index is 4.70. The molecule has 1 aliphatic carbocycles.